The van der Waals surface area contributed by atoms with Crippen LogP contribution in [0.2, 0.25) is 5.02 Å². The number of aromatic nitrogens is 2. The lowest BCUT2D eigenvalue weighted by Gasteiger charge is -2.25. The third-order valence-electron chi connectivity index (χ3n) is 4.52. The van der Waals surface area contributed by atoms with Crippen molar-refractivity contribution in [3.05, 3.63) is 95.0 Å². The molecule has 1 amide bonds. The molecule has 1 aliphatic heterocycles. The van der Waals surface area contributed by atoms with Gasteiger partial charge in [-0.25, -0.2) is 9.97 Å². The first kappa shape index (κ1) is 17.9. The van der Waals surface area contributed by atoms with Crippen LogP contribution in [-0.4, -0.2) is 26.8 Å². The number of carbonyl (C=O) groups excluding carboxylic acids is 2. The molecule has 0 radical (unpaired) electrons. The Labute approximate surface area is 165 Å². The van der Waals surface area contributed by atoms with Crippen LogP contribution >= 0.6 is 11.6 Å². The zero-order valence-corrected chi connectivity index (χ0v) is 15.2. The second-order valence-corrected chi connectivity index (χ2v) is 6.56. The average Bonchev–Trinajstić information content (AvgIpc) is 3.00. The maximum atomic E-state index is 12.9. The number of benzene rings is 2. The first-order valence-electron chi connectivity index (χ1n) is 8.45. The number of carbonyl (C=O) groups is 2. The summed E-state index contributed by atoms with van der Waals surface area (Å²) in [6, 6.07) is 14.6. The van der Waals surface area contributed by atoms with Gasteiger partial charge in [-0.2, -0.15) is 0 Å². The lowest BCUT2D eigenvalue weighted by Crippen LogP contribution is -2.29. The molecular weight excluding hydrogens is 378 g/mol. The van der Waals surface area contributed by atoms with Crippen LogP contribution in [0.1, 0.15) is 17.2 Å². The summed E-state index contributed by atoms with van der Waals surface area (Å²) in [6.45, 7) is 0. The summed E-state index contributed by atoms with van der Waals surface area (Å²) in [4.78, 5) is 34.9. The summed E-state index contributed by atoms with van der Waals surface area (Å²) >= 11 is 6.38. The Kier molecular flexibility index (Phi) is 4.63. The molecule has 138 valence electrons. The van der Waals surface area contributed by atoms with Gasteiger partial charge in [-0.15, -0.1) is 0 Å². The molecule has 1 aliphatic rings. The Balaban J connectivity index is 1.98. The number of rotatable bonds is 3. The number of Topliss-reactive ketones (excluding diaryl/α,β-unsaturated/α-hetero) is 1. The van der Waals surface area contributed by atoms with Crippen molar-refractivity contribution >= 4 is 34.7 Å². The summed E-state index contributed by atoms with van der Waals surface area (Å²) in [5.74, 6) is -1.84. The van der Waals surface area contributed by atoms with E-state index in [0.29, 0.717) is 21.8 Å². The summed E-state index contributed by atoms with van der Waals surface area (Å²) in [7, 11) is 0. The van der Waals surface area contributed by atoms with Crippen LogP contribution in [0.15, 0.2) is 78.9 Å². The summed E-state index contributed by atoms with van der Waals surface area (Å²) < 4.78 is 0. The molecule has 1 atom stereocenters. The smallest absolute Gasteiger partial charge is 0.300 e. The van der Waals surface area contributed by atoms with Gasteiger partial charge >= 0.3 is 0 Å². The fraction of sp³-hybridized carbons (Fsp3) is 0.0476. The van der Waals surface area contributed by atoms with E-state index in [1.165, 1.54) is 23.6 Å². The molecular formula is C21H14ClN3O3. The van der Waals surface area contributed by atoms with Crippen molar-refractivity contribution in [3.63, 3.8) is 0 Å². The standard InChI is InChI=1S/C21H14ClN3O3/c22-16-9-5-4-8-15(16)18-17(19(26)13-6-2-1-3-7-13)20(27)21(28)25(18)14-10-23-12-24-11-14/h1-12,18,26H/t18-/m0/s1. The first-order valence-corrected chi connectivity index (χ1v) is 8.83. The van der Waals surface area contributed by atoms with Gasteiger partial charge in [0.25, 0.3) is 11.7 Å². The number of hydrogen-bond donors (Lipinski definition) is 1. The Hall–Kier alpha value is -3.51. The molecule has 0 spiro atoms. The number of hydrogen-bond acceptors (Lipinski definition) is 5. The number of nitrogens with zero attached hydrogens (tertiary/aromatic N) is 3. The molecule has 0 aliphatic carbocycles. The van der Waals surface area contributed by atoms with E-state index in [2.05, 4.69) is 9.97 Å². The zero-order valence-electron chi connectivity index (χ0n) is 14.5. The first-order chi connectivity index (χ1) is 13.6. The van der Waals surface area contributed by atoms with Gasteiger partial charge in [-0.1, -0.05) is 60.1 Å². The van der Waals surface area contributed by atoms with Gasteiger partial charge in [-0.05, 0) is 11.6 Å². The van der Waals surface area contributed by atoms with E-state index < -0.39 is 17.7 Å². The monoisotopic (exact) mass is 391 g/mol. The van der Waals surface area contributed by atoms with Crippen molar-refractivity contribution in [2.45, 2.75) is 6.04 Å². The van der Waals surface area contributed by atoms with Crippen LogP contribution in [0, 0.1) is 0 Å². The second kappa shape index (κ2) is 7.25. The van der Waals surface area contributed by atoms with Crippen LogP contribution in [0.25, 0.3) is 5.76 Å². The van der Waals surface area contributed by atoms with E-state index in [1.54, 1.807) is 54.6 Å². The van der Waals surface area contributed by atoms with E-state index >= 15 is 0 Å². The van der Waals surface area contributed by atoms with Gasteiger partial charge in [0.05, 0.1) is 29.7 Å². The van der Waals surface area contributed by atoms with Crippen LogP contribution in [-0.2, 0) is 9.59 Å². The van der Waals surface area contributed by atoms with Gasteiger partial charge in [0.15, 0.2) is 0 Å². The zero-order chi connectivity index (χ0) is 19.7. The predicted octanol–water partition coefficient (Wildman–Crippen LogP) is 3.76. The minimum Gasteiger partial charge on any atom is -0.507 e. The normalized spacial score (nSPS) is 18.5. The van der Waals surface area contributed by atoms with Crippen molar-refractivity contribution in [1.29, 1.82) is 0 Å². The minimum absolute atomic E-state index is 0.0341. The van der Waals surface area contributed by atoms with Gasteiger partial charge in [0.2, 0.25) is 0 Å². The van der Waals surface area contributed by atoms with E-state index in [1.807, 2.05) is 0 Å². The van der Waals surface area contributed by atoms with Crippen molar-refractivity contribution in [1.82, 2.24) is 9.97 Å². The molecule has 0 unspecified atom stereocenters. The minimum atomic E-state index is -0.903. The molecule has 1 saturated heterocycles. The number of ketones is 1. The SMILES string of the molecule is O=C1C(=O)N(c2cncnc2)[C@@H](c2ccccc2Cl)C1=C(O)c1ccccc1. The summed E-state index contributed by atoms with van der Waals surface area (Å²) in [6.07, 6.45) is 4.20. The van der Waals surface area contributed by atoms with Crippen LogP contribution in [0.3, 0.4) is 0 Å². The van der Waals surface area contributed by atoms with Crippen LogP contribution in [0.5, 0.6) is 0 Å². The fourth-order valence-corrected chi connectivity index (χ4v) is 3.50. The number of amides is 1. The van der Waals surface area contributed by atoms with Gasteiger partial charge in [0, 0.05) is 10.6 Å². The topological polar surface area (TPSA) is 83.4 Å². The van der Waals surface area contributed by atoms with Crippen molar-refractivity contribution in [3.8, 4) is 0 Å². The molecule has 2 aromatic carbocycles. The van der Waals surface area contributed by atoms with E-state index in [9.17, 15) is 14.7 Å². The van der Waals surface area contributed by atoms with Crippen LogP contribution < -0.4 is 4.90 Å². The molecule has 1 fully saturated rings. The molecule has 7 heteroatoms. The number of aliphatic hydroxyl groups excluding tert-OH is 1. The van der Waals surface area contributed by atoms with Gasteiger partial charge < -0.3 is 5.11 Å². The summed E-state index contributed by atoms with van der Waals surface area (Å²) in [5.41, 5.74) is 1.25. The lowest BCUT2D eigenvalue weighted by molar-refractivity contribution is -0.132. The fourth-order valence-electron chi connectivity index (χ4n) is 3.26. The molecule has 3 aromatic rings. The van der Waals surface area contributed by atoms with Gasteiger partial charge in [0.1, 0.15) is 12.1 Å². The average molecular weight is 392 g/mol. The van der Waals surface area contributed by atoms with E-state index in [0.717, 1.165) is 0 Å². The molecule has 2 heterocycles. The third kappa shape index (κ3) is 2.93. The maximum Gasteiger partial charge on any atom is 0.300 e. The van der Waals surface area contributed by atoms with Crippen LogP contribution in [0.4, 0.5) is 5.69 Å². The molecule has 1 N–H and O–H groups in total. The molecule has 1 aromatic heterocycles. The highest BCUT2D eigenvalue weighted by Crippen LogP contribution is 2.43. The van der Waals surface area contributed by atoms with E-state index in [4.69, 9.17) is 11.6 Å². The summed E-state index contributed by atoms with van der Waals surface area (Å²) in [5, 5.41) is 11.3. The third-order valence-corrected chi connectivity index (χ3v) is 4.86. The highest BCUT2D eigenvalue weighted by Gasteiger charge is 2.47. The van der Waals surface area contributed by atoms with Crippen molar-refractivity contribution in [2.24, 2.45) is 0 Å². The molecule has 4 rings (SSSR count). The molecule has 0 saturated carbocycles. The highest BCUT2D eigenvalue weighted by atomic mass is 35.5. The van der Waals surface area contributed by atoms with Gasteiger partial charge in [-0.3, -0.25) is 14.5 Å². The van der Waals surface area contributed by atoms with Crippen molar-refractivity contribution in [2.75, 3.05) is 4.90 Å². The molecule has 28 heavy (non-hydrogen) atoms. The second-order valence-electron chi connectivity index (χ2n) is 6.15. The predicted molar refractivity (Wildman–Crippen MR) is 105 cm³/mol. The number of halogens is 1. The quantitative estimate of drug-likeness (QED) is 0.417. The molecule has 0 bridgehead atoms. The van der Waals surface area contributed by atoms with E-state index in [-0.39, 0.29) is 11.3 Å². The Bertz CT molecular complexity index is 1080. The maximum absolute atomic E-state index is 12.9. The Morgan fingerprint density at radius 3 is 2.29 bits per heavy atom. The number of aliphatic hydroxyl groups is 1. The van der Waals surface area contributed by atoms with Crippen molar-refractivity contribution < 1.29 is 14.7 Å². The lowest BCUT2D eigenvalue weighted by atomic mass is 9.95. The Morgan fingerprint density at radius 2 is 1.61 bits per heavy atom. The molecule has 6 nitrogen and oxygen atoms in total. The number of anilines is 1. The Morgan fingerprint density at radius 1 is 0.964 bits per heavy atom. The largest absolute Gasteiger partial charge is 0.507 e. The highest BCUT2D eigenvalue weighted by molar-refractivity contribution is 6.52.